The van der Waals surface area contributed by atoms with Gasteiger partial charge in [0, 0.05) is 12.1 Å². The first-order valence-corrected chi connectivity index (χ1v) is 9.16. The lowest BCUT2D eigenvalue weighted by molar-refractivity contribution is -0.121. The summed E-state index contributed by atoms with van der Waals surface area (Å²) in [6.07, 6.45) is 0. The number of hydrogen-bond acceptors (Lipinski definition) is 3. The predicted octanol–water partition coefficient (Wildman–Crippen LogP) is 4.28. The van der Waals surface area contributed by atoms with Crippen LogP contribution in [0.3, 0.4) is 0 Å². The molecule has 1 aliphatic rings. The number of nitrogens with one attached hydrogen (secondary N) is 1. The van der Waals surface area contributed by atoms with E-state index in [0.29, 0.717) is 5.56 Å². The van der Waals surface area contributed by atoms with Crippen LogP contribution in [0.1, 0.15) is 39.0 Å². The fourth-order valence-corrected chi connectivity index (χ4v) is 3.46. The van der Waals surface area contributed by atoms with Gasteiger partial charge >= 0.3 is 0 Å². The van der Waals surface area contributed by atoms with E-state index < -0.39 is 5.92 Å². The summed E-state index contributed by atoms with van der Waals surface area (Å²) in [5.74, 6) is -0.869. The van der Waals surface area contributed by atoms with Gasteiger partial charge in [-0.05, 0) is 22.8 Å². The molecule has 3 aromatic carbocycles. The van der Waals surface area contributed by atoms with Crippen LogP contribution in [-0.4, -0.2) is 18.4 Å². The first kappa shape index (κ1) is 17.8. The summed E-state index contributed by atoms with van der Waals surface area (Å²) in [5.41, 5.74) is 3.18. The minimum Gasteiger partial charge on any atom is -0.353 e. The summed E-state index contributed by atoms with van der Waals surface area (Å²) >= 11 is 0. The maximum atomic E-state index is 13.1. The van der Waals surface area contributed by atoms with Crippen LogP contribution in [0.4, 0.5) is 0 Å². The predicted molar refractivity (Wildman–Crippen MR) is 106 cm³/mol. The zero-order valence-corrected chi connectivity index (χ0v) is 15.2. The molecular formula is C23H19N3O2. The van der Waals surface area contributed by atoms with E-state index in [-0.39, 0.29) is 24.4 Å². The maximum Gasteiger partial charge on any atom is 0.295 e. The molecule has 28 heavy (non-hydrogen) atoms. The highest BCUT2D eigenvalue weighted by Gasteiger charge is 2.26. The summed E-state index contributed by atoms with van der Waals surface area (Å²) in [4.78, 5) is 25.0. The van der Waals surface area contributed by atoms with Crippen molar-refractivity contribution >= 4 is 11.8 Å². The number of hydrogen-bond donors (Lipinski definition) is 1. The van der Waals surface area contributed by atoms with Gasteiger partial charge in [-0.15, -0.1) is 5.11 Å². The zero-order chi connectivity index (χ0) is 19.3. The van der Waals surface area contributed by atoms with Gasteiger partial charge in [-0.1, -0.05) is 78.9 Å². The van der Waals surface area contributed by atoms with Crippen LogP contribution in [-0.2, 0) is 4.79 Å². The standard InChI is InChI=1S/C23H19N3O2/c27-22-19-14-8-7-13-18(19)20(25-26-22)15-24-23(28)21(16-9-3-1-4-10-16)17-11-5-2-6-12-17/h1-14,20-21H,15H2,(H,24,28). The number of benzene rings is 3. The Hall–Kier alpha value is -3.60. The van der Waals surface area contributed by atoms with Gasteiger partial charge in [0.2, 0.25) is 5.91 Å². The Labute approximate surface area is 163 Å². The van der Waals surface area contributed by atoms with Crippen molar-refractivity contribution in [3.63, 3.8) is 0 Å². The molecular weight excluding hydrogens is 350 g/mol. The van der Waals surface area contributed by atoms with Gasteiger partial charge in [0.1, 0.15) is 6.04 Å². The van der Waals surface area contributed by atoms with E-state index in [9.17, 15) is 9.59 Å². The van der Waals surface area contributed by atoms with Gasteiger partial charge in [0.25, 0.3) is 5.91 Å². The minimum absolute atomic E-state index is 0.109. The fraction of sp³-hybridized carbons (Fsp3) is 0.130. The number of carbonyl (C=O) groups is 2. The number of fused-ring (bicyclic) bond motifs is 1. The Balaban J connectivity index is 1.56. The maximum absolute atomic E-state index is 13.1. The number of azo groups is 1. The average molecular weight is 369 g/mol. The fourth-order valence-electron chi connectivity index (χ4n) is 3.46. The first-order chi connectivity index (χ1) is 13.7. The molecule has 1 atom stereocenters. The quantitative estimate of drug-likeness (QED) is 0.729. The lowest BCUT2D eigenvalue weighted by Crippen LogP contribution is -2.33. The van der Waals surface area contributed by atoms with Crippen LogP contribution in [0.25, 0.3) is 0 Å². The average Bonchev–Trinajstić information content (AvgIpc) is 2.75. The Morgan fingerprint density at radius 1 is 0.857 bits per heavy atom. The monoisotopic (exact) mass is 369 g/mol. The second-order valence-electron chi connectivity index (χ2n) is 6.62. The highest BCUT2D eigenvalue weighted by atomic mass is 16.2. The number of amides is 2. The van der Waals surface area contributed by atoms with Crippen LogP contribution < -0.4 is 5.32 Å². The zero-order valence-electron chi connectivity index (χ0n) is 15.2. The van der Waals surface area contributed by atoms with Crippen LogP contribution >= 0.6 is 0 Å². The Bertz CT molecular complexity index is 977. The summed E-state index contributed by atoms with van der Waals surface area (Å²) in [5, 5.41) is 10.8. The van der Waals surface area contributed by atoms with E-state index in [2.05, 4.69) is 15.5 Å². The van der Waals surface area contributed by atoms with E-state index >= 15 is 0 Å². The largest absolute Gasteiger partial charge is 0.353 e. The van der Waals surface area contributed by atoms with E-state index in [1.807, 2.05) is 72.8 Å². The van der Waals surface area contributed by atoms with Crippen molar-refractivity contribution in [2.24, 2.45) is 10.2 Å². The number of carbonyl (C=O) groups excluding carboxylic acids is 2. The van der Waals surface area contributed by atoms with Gasteiger partial charge in [0.15, 0.2) is 0 Å². The van der Waals surface area contributed by atoms with E-state index in [0.717, 1.165) is 16.7 Å². The molecule has 0 aromatic heterocycles. The summed E-state index contributed by atoms with van der Waals surface area (Å²) in [7, 11) is 0. The van der Waals surface area contributed by atoms with Crippen LogP contribution in [0.5, 0.6) is 0 Å². The number of nitrogens with zero attached hydrogens (tertiary/aromatic N) is 2. The van der Waals surface area contributed by atoms with E-state index in [1.165, 1.54) is 0 Å². The Morgan fingerprint density at radius 3 is 2.07 bits per heavy atom. The molecule has 0 radical (unpaired) electrons. The summed E-state index contributed by atoms with van der Waals surface area (Å²) in [6, 6.07) is 26.2. The molecule has 1 unspecified atom stereocenters. The molecule has 1 heterocycles. The third-order valence-electron chi connectivity index (χ3n) is 4.84. The van der Waals surface area contributed by atoms with Gasteiger partial charge in [-0.2, -0.15) is 5.11 Å². The molecule has 3 aromatic rings. The SMILES string of the molecule is O=C1N=NC(CNC(=O)C(c2ccccc2)c2ccccc2)c2ccccc21. The lowest BCUT2D eigenvalue weighted by Gasteiger charge is -2.21. The molecule has 0 aliphatic carbocycles. The molecule has 0 fully saturated rings. The Kier molecular flexibility index (Phi) is 5.06. The van der Waals surface area contributed by atoms with Crippen LogP contribution in [0.15, 0.2) is 95.2 Å². The summed E-state index contributed by atoms with van der Waals surface area (Å²) < 4.78 is 0. The molecule has 138 valence electrons. The van der Waals surface area contributed by atoms with Crippen LogP contribution in [0.2, 0.25) is 0 Å². The van der Waals surface area contributed by atoms with Gasteiger partial charge in [0.05, 0.1) is 5.92 Å². The third-order valence-corrected chi connectivity index (χ3v) is 4.84. The minimum atomic E-state index is -0.417. The second-order valence-corrected chi connectivity index (χ2v) is 6.62. The summed E-state index contributed by atoms with van der Waals surface area (Å²) in [6.45, 7) is 0.281. The number of rotatable bonds is 5. The highest BCUT2D eigenvalue weighted by Crippen LogP contribution is 2.28. The molecule has 5 nitrogen and oxygen atoms in total. The lowest BCUT2D eigenvalue weighted by atomic mass is 9.90. The smallest absolute Gasteiger partial charge is 0.295 e. The van der Waals surface area contributed by atoms with Crippen molar-refractivity contribution in [1.29, 1.82) is 0 Å². The first-order valence-electron chi connectivity index (χ1n) is 9.16. The topological polar surface area (TPSA) is 70.9 Å². The van der Waals surface area contributed by atoms with Crippen molar-refractivity contribution < 1.29 is 9.59 Å². The molecule has 2 amide bonds. The molecule has 0 saturated heterocycles. The van der Waals surface area contributed by atoms with Crippen molar-refractivity contribution in [1.82, 2.24) is 5.32 Å². The van der Waals surface area contributed by atoms with Gasteiger partial charge in [-0.3, -0.25) is 9.59 Å². The van der Waals surface area contributed by atoms with E-state index in [4.69, 9.17) is 0 Å². The normalized spacial score (nSPS) is 15.3. The molecule has 4 rings (SSSR count). The molecule has 5 heteroatoms. The molecule has 1 aliphatic heterocycles. The van der Waals surface area contributed by atoms with Crippen molar-refractivity contribution in [2.45, 2.75) is 12.0 Å². The van der Waals surface area contributed by atoms with Crippen LogP contribution in [0, 0.1) is 0 Å². The third kappa shape index (κ3) is 3.60. The van der Waals surface area contributed by atoms with Gasteiger partial charge < -0.3 is 5.32 Å². The van der Waals surface area contributed by atoms with Crippen molar-refractivity contribution in [3.05, 3.63) is 107 Å². The second kappa shape index (κ2) is 7.96. The molecule has 1 N–H and O–H groups in total. The molecule has 0 spiro atoms. The van der Waals surface area contributed by atoms with Crippen molar-refractivity contribution in [3.8, 4) is 0 Å². The molecule has 0 bridgehead atoms. The Morgan fingerprint density at radius 2 is 1.43 bits per heavy atom. The van der Waals surface area contributed by atoms with Gasteiger partial charge in [-0.25, -0.2) is 0 Å². The highest BCUT2D eigenvalue weighted by molar-refractivity contribution is 5.97. The van der Waals surface area contributed by atoms with E-state index in [1.54, 1.807) is 12.1 Å². The van der Waals surface area contributed by atoms with Crippen molar-refractivity contribution in [2.75, 3.05) is 6.54 Å². The molecule has 0 saturated carbocycles.